The lowest BCUT2D eigenvalue weighted by atomic mass is 9.67. The number of nitrogens with one attached hydrogen (secondary N) is 1. The zero-order chi connectivity index (χ0) is 37.4. The highest BCUT2D eigenvalue weighted by atomic mass is 19.3. The minimum Gasteiger partial charge on any atom is -0.348 e. The summed E-state index contributed by atoms with van der Waals surface area (Å²) in [7, 11) is 0. The van der Waals surface area contributed by atoms with E-state index in [0.29, 0.717) is 5.82 Å². The summed E-state index contributed by atoms with van der Waals surface area (Å²) in [4.78, 5) is 17.0. The summed E-state index contributed by atoms with van der Waals surface area (Å²) in [5.74, 6) is -2.29. The van der Waals surface area contributed by atoms with Crippen molar-refractivity contribution in [3.63, 3.8) is 0 Å². The smallest absolute Gasteiger partial charge is 0.250 e. The first-order chi connectivity index (χ1) is 23.0. The number of alkyl halides is 2. The van der Waals surface area contributed by atoms with Gasteiger partial charge in [0.1, 0.15) is 11.6 Å². The Kier molecular flexibility index (Phi) is 9.30. The Morgan fingerprint density at radius 2 is 1.77 bits per heavy atom. The van der Waals surface area contributed by atoms with Crippen LogP contribution in [-0.2, 0) is 11.2 Å². The first-order valence-corrected chi connectivity index (χ1v) is 18.4. The number of hydrogen-bond donors (Lipinski definition) is 1. The van der Waals surface area contributed by atoms with Gasteiger partial charge in [-0.3, -0.25) is 9.69 Å². The summed E-state index contributed by atoms with van der Waals surface area (Å²) in [6.45, 7) is 25.1. The van der Waals surface area contributed by atoms with E-state index in [4.69, 9.17) is 2.74 Å². The van der Waals surface area contributed by atoms with Crippen LogP contribution in [0.2, 0.25) is 0 Å². The van der Waals surface area contributed by atoms with E-state index in [9.17, 15) is 13.6 Å². The highest BCUT2D eigenvalue weighted by molar-refractivity contribution is 5.83. The van der Waals surface area contributed by atoms with Crippen LogP contribution in [0.1, 0.15) is 163 Å². The van der Waals surface area contributed by atoms with E-state index in [1.807, 2.05) is 6.92 Å². The third kappa shape index (κ3) is 6.37. The van der Waals surface area contributed by atoms with Crippen LogP contribution in [0, 0.1) is 36.0 Å². The van der Waals surface area contributed by atoms with Crippen LogP contribution in [-0.4, -0.2) is 49.6 Å². The minimum atomic E-state index is -2.75. The van der Waals surface area contributed by atoms with Crippen LogP contribution in [0.5, 0.6) is 0 Å². The Bertz CT molecular complexity index is 1570. The van der Waals surface area contributed by atoms with Crippen LogP contribution in [0.3, 0.4) is 0 Å². The van der Waals surface area contributed by atoms with Crippen molar-refractivity contribution in [1.82, 2.24) is 25.0 Å². The summed E-state index contributed by atoms with van der Waals surface area (Å²) in [5, 5.41) is 12.5. The second-order valence-corrected chi connectivity index (χ2v) is 17.4. The molecule has 48 heavy (non-hydrogen) atoms. The zero-order valence-electron chi connectivity index (χ0n) is 33.7. The first kappa shape index (κ1) is 34.1. The molecule has 1 aromatic carbocycles. The maximum absolute atomic E-state index is 14.6. The average molecular weight is 670 g/mol. The molecule has 0 radical (unpaired) electrons. The molecule has 1 aromatic heterocycles. The molecule has 1 saturated carbocycles. The van der Waals surface area contributed by atoms with Crippen molar-refractivity contribution < 1.29 is 16.3 Å². The van der Waals surface area contributed by atoms with Crippen LogP contribution < -0.4 is 5.32 Å². The maximum atomic E-state index is 14.6. The van der Waals surface area contributed by atoms with Gasteiger partial charge >= 0.3 is 0 Å². The number of aromatic nitrogens is 3. The molecule has 8 heteroatoms. The number of carbonyl (C=O) groups excluding carboxylic acids is 1. The summed E-state index contributed by atoms with van der Waals surface area (Å²) in [5.41, 5.74) is 2.08. The molecule has 2 saturated heterocycles. The summed E-state index contributed by atoms with van der Waals surface area (Å²) >= 11 is 0. The van der Waals surface area contributed by atoms with Crippen LogP contribution >= 0.6 is 0 Å². The van der Waals surface area contributed by atoms with Gasteiger partial charge in [-0.25, -0.2) is 8.78 Å². The number of carbonyl (C=O) groups is 1. The number of rotatable bonds is 10. The van der Waals surface area contributed by atoms with Crippen molar-refractivity contribution in [2.45, 2.75) is 176 Å². The highest BCUT2D eigenvalue weighted by Gasteiger charge is 2.57. The fourth-order valence-corrected chi connectivity index (χ4v) is 9.47. The Hall–Kier alpha value is -2.35. The molecule has 0 spiro atoms. The number of nitrogens with zero attached hydrogens (tertiary/aromatic N) is 4. The molecule has 2 aromatic rings. The largest absolute Gasteiger partial charge is 0.348 e. The molecular weight excluding hydrogens is 604 g/mol. The van der Waals surface area contributed by atoms with Gasteiger partial charge in [-0.2, -0.15) is 0 Å². The lowest BCUT2D eigenvalue weighted by molar-refractivity contribution is -0.147. The van der Waals surface area contributed by atoms with Crippen molar-refractivity contribution >= 4 is 5.91 Å². The first-order valence-electron chi connectivity index (χ1n) is 19.4. The predicted molar refractivity (Wildman–Crippen MR) is 190 cm³/mol. The molecular formula is C40H63F2N5O. The summed E-state index contributed by atoms with van der Waals surface area (Å²) < 4.78 is 48.6. The molecule has 3 fully saturated rings. The highest BCUT2D eigenvalue weighted by Crippen LogP contribution is 2.55. The third-order valence-corrected chi connectivity index (χ3v) is 13.4. The van der Waals surface area contributed by atoms with E-state index in [2.05, 4.69) is 105 Å². The van der Waals surface area contributed by atoms with Gasteiger partial charge < -0.3 is 9.88 Å². The Morgan fingerprint density at radius 1 is 1.08 bits per heavy atom. The van der Waals surface area contributed by atoms with E-state index in [1.54, 1.807) is 13.8 Å². The number of fused-ring (bicyclic) bond motifs is 2. The third-order valence-electron chi connectivity index (χ3n) is 13.4. The molecule has 2 bridgehead atoms. The van der Waals surface area contributed by atoms with Gasteiger partial charge in [-0.05, 0) is 81.4 Å². The SMILES string of the molecule is [2H]C([2H])(C)c1nnc(C(C)CC)n1[C@H]1CC2CC(C)(C)[C@H](C1)N2C(C)C(C)(C)[C@H](NC(=O)C1(C)CCC(F)(F)C(C)C1)c1cccc(C)c1C. The molecule has 2 aliphatic heterocycles. The number of aryl methyl sites for hydroxylation is 2. The molecule has 268 valence electrons. The molecule has 8 atom stereocenters. The van der Waals surface area contributed by atoms with Gasteiger partial charge in [0.05, 0.1) is 6.04 Å². The molecule has 5 rings (SSSR count). The maximum Gasteiger partial charge on any atom is 0.250 e. The van der Waals surface area contributed by atoms with Gasteiger partial charge in [-0.15, -0.1) is 10.2 Å². The number of piperidine rings is 1. The van der Waals surface area contributed by atoms with Crippen molar-refractivity contribution in [3.8, 4) is 0 Å². The van der Waals surface area contributed by atoms with Crippen LogP contribution in [0.4, 0.5) is 8.78 Å². The fourth-order valence-electron chi connectivity index (χ4n) is 9.47. The molecule has 3 heterocycles. The van der Waals surface area contributed by atoms with Crippen molar-refractivity contribution in [3.05, 3.63) is 46.5 Å². The van der Waals surface area contributed by atoms with Gasteiger partial charge in [-0.1, -0.05) is 80.5 Å². The van der Waals surface area contributed by atoms with Crippen molar-refractivity contribution in [1.29, 1.82) is 0 Å². The molecule has 3 aliphatic rings. The predicted octanol–water partition coefficient (Wildman–Crippen LogP) is 9.51. The monoisotopic (exact) mass is 670 g/mol. The number of benzene rings is 1. The van der Waals surface area contributed by atoms with Crippen molar-refractivity contribution in [2.24, 2.45) is 22.2 Å². The van der Waals surface area contributed by atoms with Crippen LogP contribution in [0.25, 0.3) is 0 Å². The van der Waals surface area contributed by atoms with Gasteiger partial charge in [0, 0.05) is 62.4 Å². The molecule has 5 unspecified atom stereocenters. The molecule has 6 nitrogen and oxygen atoms in total. The Labute approximate surface area is 292 Å². The molecule has 1 N–H and O–H groups in total. The second kappa shape index (κ2) is 13.1. The topological polar surface area (TPSA) is 63.1 Å². The lowest BCUT2D eigenvalue weighted by Gasteiger charge is -2.52. The lowest BCUT2D eigenvalue weighted by Crippen LogP contribution is -2.58. The zero-order valence-corrected chi connectivity index (χ0v) is 31.7. The fraction of sp³-hybridized carbons (Fsp3) is 0.775. The number of hydrogen-bond acceptors (Lipinski definition) is 4. The molecule has 1 aliphatic carbocycles. The summed E-state index contributed by atoms with van der Waals surface area (Å²) in [6.07, 6.45) is 2.09. The van der Waals surface area contributed by atoms with Gasteiger partial charge in [0.25, 0.3) is 5.92 Å². The van der Waals surface area contributed by atoms with E-state index in [0.717, 1.165) is 48.2 Å². The Morgan fingerprint density at radius 3 is 2.38 bits per heavy atom. The van der Waals surface area contributed by atoms with Crippen LogP contribution in [0.15, 0.2) is 18.2 Å². The number of amides is 1. The molecule has 1 amide bonds. The van der Waals surface area contributed by atoms with E-state index in [1.165, 1.54) is 0 Å². The van der Waals surface area contributed by atoms with Gasteiger partial charge in [0.2, 0.25) is 5.91 Å². The quantitative estimate of drug-likeness (QED) is 0.274. The minimum absolute atomic E-state index is 0.0225. The average Bonchev–Trinajstić information content (AvgIpc) is 3.54. The number of halogens is 2. The van der Waals surface area contributed by atoms with Gasteiger partial charge in [0.15, 0.2) is 0 Å². The summed E-state index contributed by atoms with van der Waals surface area (Å²) in [6, 6.07) is 6.54. The van der Waals surface area contributed by atoms with E-state index >= 15 is 0 Å². The van der Waals surface area contributed by atoms with E-state index < -0.39 is 29.0 Å². The van der Waals surface area contributed by atoms with E-state index in [-0.39, 0.29) is 66.7 Å². The standard InChI is InChI=1S/C40H63F2N5O/c1-13-24(3)35-45-44-33(14-2)47(35)29-20-30-23-37(8,9)32(21-29)46(30)28(7)38(10,11)34(31-17-15-16-25(4)27(31)6)43-36(48)39(12)18-19-40(41,42)26(5)22-39/h15-17,24,26,28-30,32,34H,13-14,18-23H2,1-12H3,(H,43,48)/t24?,26?,28?,29-,30?,32-,34+,39?/m0/s1/i14D2. The second-order valence-electron chi connectivity index (χ2n) is 17.4. The van der Waals surface area contributed by atoms with Crippen molar-refractivity contribution in [2.75, 3.05) is 0 Å². The normalized spacial score (nSPS) is 31.5. The Balaban J connectivity index is 1.51.